The van der Waals surface area contributed by atoms with Gasteiger partial charge in [0.05, 0.1) is 13.2 Å². The maximum atomic E-state index is 12.4. The first-order chi connectivity index (χ1) is 14.8. The highest BCUT2D eigenvalue weighted by Crippen LogP contribution is 2.19. The van der Waals surface area contributed by atoms with Crippen molar-refractivity contribution < 1.29 is 9.53 Å². The van der Waals surface area contributed by atoms with E-state index in [1.54, 1.807) is 6.33 Å². The van der Waals surface area contributed by atoms with Gasteiger partial charge in [-0.25, -0.2) is 9.97 Å². The van der Waals surface area contributed by atoms with Gasteiger partial charge in [0.2, 0.25) is 0 Å². The second-order valence-electron chi connectivity index (χ2n) is 6.99. The molecule has 1 aromatic heterocycles. The van der Waals surface area contributed by atoms with E-state index in [2.05, 4.69) is 37.6 Å². The van der Waals surface area contributed by atoms with Crippen LogP contribution in [-0.4, -0.2) is 55.3 Å². The van der Waals surface area contributed by atoms with Crippen LogP contribution >= 0.6 is 0 Å². The van der Waals surface area contributed by atoms with Gasteiger partial charge in [0.1, 0.15) is 18.0 Å². The Labute approximate surface area is 176 Å². The largest absolute Gasteiger partial charge is 0.378 e. The van der Waals surface area contributed by atoms with E-state index in [4.69, 9.17) is 4.74 Å². The molecule has 154 valence electrons. The summed E-state index contributed by atoms with van der Waals surface area (Å²) in [6.45, 7) is 4.16. The van der Waals surface area contributed by atoms with Crippen molar-refractivity contribution in [3.63, 3.8) is 0 Å². The summed E-state index contributed by atoms with van der Waals surface area (Å²) < 4.78 is 5.38. The number of nitrogens with zero attached hydrogens (tertiary/aromatic N) is 3. The fourth-order valence-corrected chi connectivity index (χ4v) is 3.32. The van der Waals surface area contributed by atoms with Gasteiger partial charge in [0.15, 0.2) is 0 Å². The molecular weight excluding hydrogens is 378 g/mol. The summed E-state index contributed by atoms with van der Waals surface area (Å²) in [4.78, 5) is 23.2. The highest BCUT2D eigenvalue weighted by Gasteiger charge is 2.13. The molecule has 30 heavy (non-hydrogen) atoms. The van der Waals surface area contributed by atoms with E-state index < -0.39 is 0 Å². The number of carbonyl (C=O) groups is 1. The molecule has 0 saturated carbocycles. The molecule has 0 spiro atoms. The molecule has 3 aromatic rings. The van der Waals surface area contributed by atoms with Gasteiger partial charge in [0.25, 0.3) is 5.91 Å². The first-order valence-electron chi connectivity index (χ1n) is 10.1. The Morgan fingerprint density at radius 2 is 1.67 bits per heavy atom. The van der Waals surface area contributed by atoms with Gasteiger partial charge in [-0.3, -0.25) is 4.79 Å². The summed E-state index contributed by atoms with van der Waals surface area (Å²) >= 11 is 0. The van der Waals surface area contributed by atoms with Gasteiger partial charge in [-0.1, -0.05) is 42.5 Å². The molecular formula is C23H25N5O2. The number of nitrogens with one attached hydrogen (secondary N) is 2. The van der Waals surface area contributed by atoms with Crippen LogP contribution in [0.5, 0.6) is 0 Å². The van der Waals surface area contributed by atoms with Gasteiger partial charge in [-0.2, -0.15) is 0 Å². The molecule has 1 aliphatic rings. The average Bonchev–Trinajstić information content (AvgIpc) is 2.83. The van der Waals surface area contributed by atoms with Crippen molar-refractivity contribution in [1.82, 2.24) is 15.3 Å². The lowest BCUT2D eigenvalue weighted by Crippen LogP contribution is -2.36. The molecule has 0 bridgehead atoms. The summed E-state index contributed by atoms with van der Waals surface area (Å²) in [5.74, 6) is 1.54. The van der Waals surface area contributed by atoms with E-state index >= 15 is 0 Å². The normalized spacial score (nSPS) is 13.7. The van der Waals surface area contributed by atoms with Gasteiger partial charge < -0.3 is 20.3 Å². The lowest BCUT2D eigenvalue weighted by Gasteiger charge is -2.27. The molecule has 4 rings (SSSR count). The predicted octanol–water partition coefficient (Wildman–Crippen LogP) is 2.82. The molecule has 7 nitrogen and oxygen atoms in total. The third-order valence-corrected chi connectivity index (χ3v) is 4.96. The molecule has 7 heteroatoms. The molecule has 1 fully saturated rings. The number of hydrogen-bond donors (Lipinski definition) is 2. The summed E-state index contributed by atoms with van der Waals surface area (Å²) in [6.07, 6.45) is 1.56. The molecule has 0 aliphatic carbocycles. The summed E-state index contributed by atoms with van der Waals surface area (Å²) in [6, 6.07) is 19.7. The third-order valence-electron chi connectivity index (χ3n) is 4.96. The molecule has 0 radical (unpaired) electrons. The van der Waals surface area contributed by atoms with Crippen LogP contribution in [0.4, 0.5) is 11.6 Å². The molecule has 1 aliphatic heterocycles. The zero-order chi connectivity index (χ0) is 20.6. The minimum Gasteiger partial charge on any atom is -0.378 e. The lowest BCUT2D eigenvalue weighted by atomic mass is 10.0. The van der Waals surface area contributed by atoms with E-state index in [0.29, 0.717) is 31.9 Å². The van der Waals surface area contributed by atoms with Crippen molar-refractivity contribution in [2.75, 3.05) is 49.6 Å². The number of carbonyl (C=O) groups excluding carboxylic acids is 1. The lowest BCUT2D eigenvalue weighted by molar-refractivity contribution is 0.0955. The summed E-state index contributed by atoms with van der Waals surface area (Å²) in [5, 5.41) is 6.17. The standard InChI is InChI=1S/C23H25N5O2/c29-23(20-8-6-19(7-9-20)18-4-2-1-3-5-18)25-11-10-24-21-16-22(27-17-26-21)28-12-14-30-15-13-28/h1-9,16-17H,10-15H2,(H,25,29)(H,24,26,27). The zero-order valence-electron chi connectivity index (χ0n) is 16.8. The first kappa shape index (κ1) is 19.8. The molecule has 2 N–H and O–H groups in total. The van der Waals surface area contributed by atoms with Gasteiger partial charge >= 0.3 is 0 Å². The molecule has 0 atom stereocenters. The minimum atomic E-state index is -0.0897. The third kappa shape index (κ3) is 5.12. The zero-order valence-corrected chi connectivity index (χ0v) is 16.8. The number of hydrogen-bond acceptors (Lipinski definition) is 6. The van der Waals surface area contributed by atoms with E-state index in [9.17, 15) is 4.79 Å². The topological polar surface area (TPSA) is 79.4 Å². The number of morpholine rings is 1. The maximum absolute atomic E-state index is 12.4. The number of amides is 1. The van der Waals surface area contributed by atoms with Crippen molar-refractivity contribution >= 4 is 17.5 Å². The molecule has 1 saturated heterocycles. The average molecular weight is 403 g/mol. The first-order valence-corrected chi connectivity index (χ1v) is 10.1. The molecule has 1 amide bonds. The van der Waals surface area contributed by atoms with E-state index in [1.807, 2.05) is 48.5 Å². The Morgan fingerprint density at radius 3 is 2.43 bits per heavy atom. The van der Waals surface area contributed by atoms with Crippen LogP contribution in [0, 0.1) is 0 Å². The van der Waals surface area contributed by atoms with E-state index in [-0.39, 0.29) is 5.91 Å². The number of aromatic nitrogens is 2. The van der Waals surface area contributed by atoms with Crippen LogP contribution in [0.2, 0.25) is 0 Å². The number of benzene rings is 2. The highest BCUT2D eigenvalue weighted by molar-refractivity contribution is 5.94. The van der Waals surface area contributed by atoms with Crippen LogP contribution < -0.4 is 15.5 Å². The fourth-order valence-electron chi connectivity index (χ4n) is 3.32. The van der Waals surface area contributed by atoms with Crippen molar-refractivity contribution in [3.05, 3.63) is 72.6 Å². The highest BCUT2D eigenvalue weighted by atomic mass is 16.5. The fraction of sp³-hybridized carbons (Fsp3) is 0.261. The minimum absolute atomic E-state index is 0.0897. The quantitative estimate of drug-likeness (QED) is 0.591. The number of ether oxygens (including phenoxy) is 1. The Balaban J connectivity index is 1.25. The summed E-state index contributed by atoms with van der Waals surface area (Å²) in [7, 11) is 0. The van der Waals surface area contributed by atoms with E-state index in [1.165, 1.54) is 0 Å². The van der Waals surface area contributed by atoms with Crippen LogP contribution in [0.25, 0.3) is 11.1 Å². The van der Waals surface area contributed by atoms with Crippen molar-refractivity contribution in [1.29, 1.82) is 0 Å². The van der Waals surface area contributed by atoms with Crippen LogP contribution in [0.1, 0.15) is 10.4 Å². The number of anilines is 2. The second kappa shape index (κ2) is 9.84. The summed E-state index contributed by atoms with van der Waals surface area (Å²) in [5.41, 5.74) is 2.87. The number of rotatable bonds is 7. The van der Waals surface area contributed by atoms with Crippen molar-refractivity contribution in [2.45, 2.75) is 0 Å². The Morgan fingerprint density at radius 1 is 0.933 bits per heavy atom. The maximum Gasteiger partial charge on any atom is 0.251 e. The van der Waals surface area contributed by atoms with Gasteiger partial charge in [-0.15, -0.1) is 0 Å². The Kier molecular flexibility index (Phi) is 6.51. The Hall–Kier alpha value is -3.45. The molecule has 2 heterocycles. The second-order valence-corrected chi connectivity index (χ2v) is 6.99. The van der Waals surface area contributed by atoms with Crippen LogP contribution in [-0.2, 0) is 4.74 Å². The van der Waals surface area contributed by atoms with Crippen molar-refractivity contribution in [2.24, 2.45) is 0 Å². The monoisotopic (exact) mass is 403 g/mol. The molecule has 2 aromatic carbocycles. The van der Waals surface area contributed by atoms with Gasteiger partial charge in [-0.05, 0) is 23.3 Å². The van der Waals surface area contributed by atoms with Crippen LogP contribution in [0.3, 0.4) is 0 Å². The molecule has 0 unspecified atom stereocenters. The predicted molar refractivity (Wildman–Crippen MR) is 118 cm³/mol. The van der Waals surface area contributed by atoms with Gasteiger partial charge in [0, 0.05) is 37.8 Å². The smallest absolute Gasteiger partial charge is 0.251 e. The van der Waals surface area contributed by atoms with Crippen LogP contribution in [0.15, 0.2) is 67.0 Å². The van der Waals surface area contributed by atoms with E-state index in [0.717, 1.165) is 35.9 Å². The SMILES string of the molecule is O=C(NCCNc1cc(N2CCOCC2)ncn1)c1ccc(-c2ccccc2)cc1. The van der Waals surface area contributed by atoms with Crippen molar-refractivity contribution in [3.8, 4) is 11.1 Å². The Bertz CT molecular complexity index is 957.